The number of rotatable bonds is 11. The van der Waals surface area contributed by atoms with Gasteiger partial charge in [-0.3, -0.25) is 9.52 Å². The molecule has 47 heavy (non-hydrogen) atoms. The molecule has 248 valence electrons. The van der Waals surface area contributed by atoms with Crippen LogP contribution >= 0.6 is 0 Å². The highest BCUT2D eigenvalue weighted by molar-refractivity contribution is 7.93. The third kappa shape index (κ3) is 5.11. The molecule has 10 heteroatoms. The van der Waals surface area contributed by atoms with E-state index in [1.165, 1.54) is 0 Å². The van der Waals surface area contributed by atoms with Crippen molar-refractivity contribution in [2.75, 3.05) is 16.2 Å². The summed E-state index contributed by atoms with van der Waals surface area (Å²) >= 11 is 0. The smallest absolute Gasteiger partial charge is 0.235 e. The summed E-state index contributed by atoms with van der Waals surface area (Å²) in [5.74, 6) is 1.76. The van der Waals surface area contributed by atoms with Crippen molar-refractivity contribution in [3.05, 3.63) is 60.2 Å². The number of hydrogen-bond donors (Lipinski definition) is 1. The average Bonchev–Trinajstić information content (AvgIpc) is 3.98. The summed E-state index contributed by atoms with van der Waals surface area (Å²) < 4.78 is 47.7. The van der Waals surface area contributed by atoms with Gasteiger partial charge >= 0.3 is 0 Å². The van der Waals surface area contributed by atoms with Gasteiger partial charge in [0.05, 0.1) is 5.25 Å². The summed E-state index contributed by atoms with van der Waals surface area (Å²) in [4.78, 5) is 21.1. The van der Waals surface area contributed by atoms with E-state index < -0.39 is 15.7 Å². The first-order chi connectivity index (χ1) is 22.4. The van der Waals surface area contributed by atoms with Crippen molar-refractivity contribution in [1.82, 2.24) is 10.1 Å². The molecule has 8 aliphatic rings. The number of alkyl halides is 1. The van der Waals surface area contributed by atoms with Gasteiger partial charge < -0.3 is 9.42 Å². The molecule has 1 heterocycles. The Labute approximate surface area is 275 Å². The van der Waals surface area contributed by atoms with E-state index in [9.17, 15) is 17.6 Å². The first-order valence-electron chi connectivity index (χ1n) is 17.5. The predicted octanol–water partition coefficient (Wildman–Crippen LogP) is 7.60. The SMILES string of the molecule is CC1(c2nc(C34CCC(CN(C(=O)CC56CC(F)(C5)C6)c5cccc(-c6ccc(NS(=O)(=O)C7CC7)cc6)c5)(CC3)CC4)no2)CC1. The molecular formula is C37H43FN4O4S. The summed E-state index contributed by atoms with van der Waals surface area (Å²) in [6.07, 6.45) is 11.6. The number of benzene rings is 2. The lowest BCUT2D eigenvalue weighted by molar-refractivity contribution is -0.215. The average molecular weight is 659 g/mol. The third-order valence-corrected chi connectivity index (χ3v) is 14.7. The van der Waals surface area contributed by atoms with Gasteiger partial charge in [0.15, 0.2) is 5.82 Å². The molecule has 0 aliphatic heterocycles. The molecule has 2 aromatic carbocycles. The van der Waals surface area contributed by atoms with Crippen molar-refractivity contribution in [3.8, 4) is 11.1 Å². The molecule has 4 bridgehead atoms. The van der Waals surface area contributed by atoms with Crippen LogP contribution in [-0.4, -0.2) is 41.9 Å². The van der Waals surface area contributed by atoms with E-state index in [0.717, 1.165) is 79.9 Å². The Bertz CT molecular complexity index is 1820. The molecular weight excluding hydrogens is 615 g/mol. The zero-order chi connectivity index (χ0) is 32.3. The highest BCUT2D eigenvalue weighted by atomic mass is 32.2. The predicted molar refractivity (Wildman–Crippen MR) is 177 cm³/mol. The van der Waals surface area contributed by atoms with E-state index in [0.29, 0.717) is 50.8 Å². The molecule has 3 aromatic rings. The van der Waals surface area contributed by atoms with E-state index >= 15 is 0 Å². The quantitative estimate of drug-likeness (QED) is 0.228. The Morgan fingerprint density at radius 3 is 2.23 bits per heavy atom. The van der Waals surface area contributed by atoms with Gasteiger partial charge in [-0.25, -0.2) is 12.8 Å². The minimum absolute atomic E-state index is 0.0174. The number of nitrogens with one attached hydrogen (secondary N) is 1. The van der Waals surface area contributed by atoms with Crippen LogP contribution in [0, 0.1) is 10.8 Å². The first-order valence-corrected chi connectivity index (χ1v) is 19.0. The number of carbonyl (C=O) groups is 1. The summed E-state index contributed by atoms with van der Waals surface area (Å²) in [7, 11) is -3.33. The van der Waals surface area contributed by atoms with Crippen LogP contribution in [0.2, 0.25) is 0 Å². The van der Waals surface area contributed by atoms with E-state index in [1.54, 1.807) is 12.1 Å². The fraction of sp³-hybridized carbons (Fsp3) is 0.595. The standard InChI is InChI=1S/C37H43FN4O4S/c1-33(11-12-33)32-39-31(40-46-32)36-16-13-34(14-17-36,15-18-36)24-42(30(43)20-35-21-37(38,22-35)23-35)28-4-2-3-26(19-28)25-5-7-27(8-6-25)41-47(44,45)29-9-10-29/h2-8,19,29,41H,9-18,20-24H2,1H3. The van der Waals surface area contributed by atoms with Crippen molar-refractivity contribution in [2.45, 2.75) is 119 Å². The van der Waals surface area contributed by atoms with Crippen molar-refractivity contribution in [1.29, 1.82) is 0 Å². The van der Waals surface area contributed by atoms with Gasteiger partial charge in [0.1, 0.15) is 5.67 Å². The Hall–Kier alpha value is -3.27. The molecule has 8 fully saturated rings. The van der Waals surface area contributed by atoms with Crippen molar-refractivity contribution in [3.63, 3.8) is 0 Å². The topological polar surface area (TPSA) is 105 Å². The van der Waals surface area contributed by atoms with E-state index in [4.69, 9.17) is 9.51 Å². The summed E-state index contributed by atoms with van der Waals surface area (Å²) in [5, 5.41) is 4.21. The molecule has 8 aliphatic carbocycles. The van der Waals surface area contributed by atoms with Crippen LogP contribution in [0.1, 0.15) is 109 Å². The number of sulfonamides is 1. The van der Waals surface area contributed by atoms with Gasteiger partial charge in [-0.2, -0.15) is 4.98 Å². The third-order valence-electron chi connectivity index (χ3n) is 12.8. The summed E-state index contributed by atoms with van der Waals surface area (Å²) in [5.41, 5.74) is 2.16. The molecule has 8 nitrogen and oxygen atoms in total. The summed E-state index contributed by atoms with van der Waals surface area (Å²) in [6.45, 7) is 2.85. The van der Waals surface area contributed by atoms with Crippen molar-refractivity contribution in [2.24, 2.45) is 10.8 Å². The molecule has 1 N–H and O–H groups in total. The zero-order valence-corrected chi connectivity index (χ0v) is 27.9. The zero-order valence-electron chi connectivity index (χ0n) is 27.1. The normalized spacial score (nSPS) is 33.1. The minimum Gasteiger partial charge on any atom is -0.339 e. The lowest BCUT2D eigenvalue weighted by Gasteiger charge is -2.66. The molecule has 1 amide bonds. The van der Waals surface area contributed by atoms with E-state index in [2.05, 4.69) is 22.9 Å². The molecule has 0 atom stereocenters. The van der Waals surface area contributed by atoms with Crippen LogP contribution in [0.4, 0.5) is 15.8 Å². The van der Waals surface area contributed by atoms with Crippen LogP contribution in [0.25, 0.3) is 11.1 Å². The van der Waals surface area contributed by atoms with Crippen LogP contribution < -0.4 is 9.62 Å². The monoisotopic (exact) mass is 658 g/mol. The fourth-order valence-corrected chi connectivity index (χ4v) is 10.6. The lowest BCUT2D eigenvalue weighted by atomic mass is 9.41. The molecule has 11 rings (SSSR count). The molecule has 8 saturated carbocycles. The number of nitrogens with zero attached hydrogens (tertiary/aromatic N) is 3. The Kier molecular flexibility index (Phi) is 6.28. The lowest BCUT2D eigenvalue weighted by Crippen LogP contribution is -2.65. The van der Waals surface area contributed by atoms with E-state index in [1.807, 2.05) is 35.2 Å². The molecule has 0 spiro atoms. The van der Waals surface area contributed by atoms with Crippen LogP contribution in [0.5, 0.6) is 0 Å². The van der Waals surface area contributed by atoms with Gasteiger partial charge in [0, 0.05) is 35.2 Å². The first kappa shape index (κ1) is 29.8. The minimum atomic E-state index is -3.33. The van der Waals surface area contributed by atoms with Gasteiger partial charge in [-0.1, -0.05) is 36.3 Å². The number of anilines is 2. The Morgan fingerprint density at radius 1 is 0.936 bits per heavy atom. The van der Waals surface area contributed by atoms with Gasteiger partial charge in [0.25, 0.3) is 0 Å². The maximum atomic E-state index is 14.5. The highest BCUT2D eigenvalue weighted by Crippen LogP contribution is 2.71. The number of aromatic nitrogens is 2. The second-order valence-electron chi connectivity index (χ2n) is 16.6. The number of amides is 1. The molecule has 1 aromatic heterocycles. The maximum absolute atomic E-state index is 14.5. The largest absolute Gasteiger partial charge is 0.339 e. The molecule has 0 unspecified atom stereocenters. The van der Waals surface area contributed by atoms with Crippen molar-refractivity contribution >= 4 is 27.3 Å². The fourth-order valence-electron chi connectivity index (χ4n) is 9.25. The van der Waals surface area contributed by atoms with Gasteiger partial charge in [0.2, 0.25) is 21.8 Å². The number of halogens is 1. The van der Waals surface area contributed by atoms with Gasteiger partial charge in [-0.05, 0) is 130 Å². The summed E-state index contributed by atoms with van der Waals surface area (Å²) in [6, 6.07) is 15.6. The maximum Gasteiger partial charge on any atom is 0.235 e. The van der Waals surface area contributed by atoms with Crippen molar-refractivity contribution < 1.29 is 22.1 Å². The van der Waals surface area contributed by atoms with E-state index in [-0.39, 0.29) is 32.8 Å². The molecule has 0 saturated heterocycles. The second-order valence-corrected chi connectivity index (χ2v) is 18.5. The number of hydrogen-bond acceptors (Lipinski definition) is 6. The Morgan fingerprint density at radius 2 is 1.62 bits per heavy atom. The second kappa shape index (κ2) is 9.89. The van der Waals surface area contributed by atoms with Crippen LogP contribution in [0.15, 0.2) is 53.1 Å². The highest BCUT2D eigenvalue weighted by Gasteiger charge is 2.69. The van der Waals surface area contributed by atoms with Gasteiger partial charge in [-0.15, -0.1) is 0 Å². The van der Waals surface area contributed by atoms with Crippen LogP contribution in [0.3, 0.4) is 0 Å². The van der Waals surface area contributed by atoms with Crippen LogP contribution in [-0.2, 0) is 25.6 Å². The Balaban J connectivity index is 0.955. The number of fused-ring (bicyclic) bond motifs is 3. The molecule has 0 radical (unpaired) electrons. The number of carbonyl (C=O) groups excluding carboxylic acids is 1.